The van der Waals surface area contributed by atoms with Gasteiger partial charge < -0.3 is 15.0 Å². The summed E-state index contributed by atoms with van der Waals surface area (Å²) < 4.78 is 19.4. The first kappa shape index (κ1) is 21.1. The number of piperazine rings is 1. The van der Waals surface area contributed by atoms with E-state index in [1.807, 2.05) is 0 Å². The van der Waals surface area contributed by atoms with Crippen molar-refractivity contribution < 1.29 is 9.13 Å². The number of guanidine groups is 1. The largest absolute Gasteiger partial charge is 0.377 e. The lowest BCUT2D eigenvalue weighted by atomic mass is 10.1. The van der Waals surface area contributed by atoms with Crippen molar-refractivity contribution in [1.82, 2.24) is 15.1 Å². The van der Waals surface area contributed by atoms with Crippen LogP contribution in [0, 0.1) is 5.82 Å². The number of nitrogens with one attached hydrogen (secondary N) is 1. The van der Waals surface area contributed by atoms with Crippen LogP contribution in [0.5, 0.6) is 0 Å². The lowest BCUT2D eigenvalue weighted by Crippen LogP contribution is -2.52. The lowest BCUT2D eigenvalue weighted by molar-refractivity contribution is 0.153. The highest BCUT2D eigenvalue weighted by Crippen LogP contribution is 2.21. The van der Waals surface area contributed by atoms with Gasteiger partial charge in [0.1, 0.15) is 5.82 Å². The molecule has 154 valence electrons. The van der Waals surface area contributed by atoms with Crippen LogP contribution in [0.25, 0.3) is 0 Å². The van der Waals surface area contributed by atoms with Gasteiger partial charge in [-0.05, 0) is 31.9 Å². The average molecular weight is 409 g/mol. The van der Waals surface area contributed by atoms with Crippen LogP contribution in [0.1, 0.15) is 25.3 Å². The van der Waals surface area contributed by atoms with Gasteiger partial charge in [-0.3, -0.25) is 9.89 Å². The highest BCUT2D eigenvalue weighted by atomic mass is 35.5. The van der Waals surface area contributed by atoms with Gasteiger partial charge in [0.2, 0.25) is 0 Å². The summed E-state index contributed by atoms with van der Waals surface area (Å²) in [6.07, 6.45) is 4.19. The fourth-order valence-electron chi connectivity index (χ4n) is 3.55. The molecule has 5 nitrogen and oxygen atoms in total. The molecule has 7 heteroatoms. The second kappa shape index (κ2) is 10.8. The Hall–Kier alpha value is -1.63. The molecule has 1 fully saturated rings. The minimum Gasteiger partial charge on any atom is -0.377 e. The topological polar surface area (TPSA) is 40.1 Å². The predicted octanol–water partition coefficient (Wildman–Crippen LogP) is 3.30. The van der Waals surface area contributed by atoms with Gasteiger partial charge in [0.25, 0.3) is 0 Å². The monoisotopic (exact) mass is 408 g/mol. The maximum absolute atomic E-state index is 14.0. The summed E-state index contributed by atoms with van der Waals surface area (Å²) in [7, 11) is 0. The predicted molar refractivity (Wildman–Crippen MR) is 112 cm³/mol. The van der Waals surface area contributed by atoms with E-state index in [1.165, 1.54) is 11.6 Å². The van der Waals surface area contributed by atoms with Crippen molar-refractivity contribution in [2.24, 2.45) is 4.99 Å². The van der Waals surface area contributed by atoms with Gasteiger partial charge in [-0.25, -0.2) is 4.39 Å². The zero-order valence-electron chi connectivity index (χ0n) is 16.6. The first-order chi connectivity index (χ1) is 13.7. The molecule has 2 heterocycles. The Morgan fingerprint density at radius 3 is 2.79 bits per heavy atom. The molecule has 0 atom stereocenters. The van der Waals surface area contributed by atoms with Gasteiger partial charge in [0, 0.05) is 56.4 Å². The van der Waals surface area contributed by atoms with Crippen molar-refractivity contribution >= 4 is 17.6 Å². The Kier molecular flexibility index (Phi) is 8.13. The molecule has 0 aliphatic carbocycles. The highest BCUT2D eigenvalue weighted by Gasteiger charge is 2.21. The van der Waals surface area contributed by atoms with E-state index in [1.54, 1.807) is 12.1 Å². The number of aliphatic imine (C=N–C) groups is 1. The van der Waals surface area contributed by atoms with Crippen molar-refractivity contribution in [3.63, 3.8) is 0 Å². The number of benzene rings is 1. The molecule has 0 saturated carbocycles. The highest BCUT2D eigenvalue weighted by molar-refractivity contribution is 6.31. The molecule has 1 saturated heterocycles. The Balaban J connectivity index is 1.52. The van der Waals surface area contributed by atoms with Gasteiger partial charge in [-0.15, -0.1) is 0 Å². The van der Waals surface area contributed by atoms with E-state index in [0.29, 0.717) is 17.1 Å². The van der Waals surface area contributed by atoms with Crippen LogP contribution >= 0.6 is 11.6 Å². The molecule has 0 aromatic heterocycles. The molecule has 1 N–H and O–H groups in total. The molecule has 0 radical (unpaired) electrons. The molecule has 0 unspecified atom stereocenters. The summed E-state index contributed by atoms with van der Waals surface area (Å²) in [5.41, 5.74) is 2.03. The van der Waals surface area contributed by atoms with E-state index in [2.05, 4.69) is 28.1 Å². The molecule has 0 spiro atoms. The van der Waals surface area contributed by atoms with Gasteiger partial charge in [-0.2, -0.15) is 0 Å². The molecule has 0 bridgehead atoms. The molecule has 2 aliphatic heterocycles. The van der Waals surface area contributed by atoms with Crippen LogP contribution in [-0.4, -0.2) is 68.2 Å². The zero-order valence-corrected chi connectivity index (χ0v) is 17.3. The maximum atomic E-state index is 14.0. The fourth-order valence-corrected chi connectivity index (χ4v) is 3.77. The number of hydrogen-bond acceptors (Lipinski definition) is 3. The molecule has 3 rings (SSSR count). The van der Waals surface area contributed by atoms with Crippen LogP contribution in [0.3, 0.4) is 0 Å². The minimum atomic E-state index is -0.229. The van der Waals surface area contributed by atoms with Crippen LogP contribution in [0.15, 0.2) is 34.8 Å². The van der Waals surface area contributed by atoms with Gasteiger partial charge >= 0.3 is 0 Å². The Morgan fingerprint density at radius 1 is 1.29 bits per heavy atom. The molecular formula is C21H30ClFN4O. The quantitative estimate of drug-likeness (QED) is 0.445. The van der Waals surface area contributed by atoms with Crippen molar-refractivity contribution in [3.05, 3.63) is 46.3 Å². The Labute approximate surface area is 172 Å². The van der Waals surface area contributed by atoms with Crippen LogP contribution in [-0.2, 0) is 11.3 Å². The lowest BCUT2D eigenvalue weighted by Gasteiger charge is -2.36. The molecule has 1 aromatic rings. The van der Waals surface area contributed by atoms with Gasteiger partial charge in [-0.1, -0.05) is 29.3 Å². The third kappa shape index (κ3) is 5.93. The molecule has 1 aromatic carbocycles. The molecule has 2 aliphatic rings. The van der Waals surface area contributed by atoms with Crippen molar-refractivity contribution in [1.29, 1.82) is 0 Å². The number of rotatable bonds is 6. The minimum absolute atomic E-state index is 0.229. The number of nitrogens with zero attached hydrogens (tertiary/aromatic N) is 3. The van der Waals surface area contributed by atoms with Crippen LogP contribution in [0.2, 0.25) is 5.02 Å². The average Bonchev–Trinajstić information content (AvgIpc) is 2.72. The number of ether oxygens (including phenoxy) is 1. The van der Waals surface area contributed by atoms with E-state index in [-0.39, 0.29) is 5.82 Å². The second-order valence-electron chi connectivity index (χ2n) is 7.14. The number of halogens is 2. The van der Waals surface area contributed by atoms with Crippen LogP contribution < -0.4 is 5.32 Å². The Morgan fingerprint density at radius 2 is 2.11 bits per heavy atom. The first-order valence-corrected chi connectivity index (χ1v) is 10.5. The smallest absolute Gasteiger partial charge is 0.194 e. The first-order valence-electron chi connectivity index (χ1n) is 10.1. The second-order valence-corrected chi connectivity index (χ2v) is 7.54. The summed E-state index contributed by atoms with van der Waals surface area (Å²) >= 11 is 6.17. The SMILES string of the molecule is CCNC(=NCCC1=CCOCC1)N1CCN(Cc2c(F)cccc2Cl)CC1. The standard InChI is InChI=1S/C21H30ClFN4O/c1-2-24-21(25-9-6-17-7-14-28-15-8-17)27-12-10-26(11-13-27)16-18-19(22)4-3-5-20(18)23/h3-5,7H,2,6,8-16H2,1H3,(H,24,25). The van der Waals surface area contributed by atoms with E-state index in [9.17, 15) is 4.39 Å². The van der Waals surface area contributed by atoms with Gasteiger partial charge in [0.15, 0.2) is 5.96 Å². The van der Waals surface area contributed by atoms with E-state index >= 15 is 0 Å². The van der Waals surface area contributed by atoms with E-state index < -0.39 is 0 Å². The Bertz CT molecular complexity index is 681. The summed E-state index contributed by atoms with van der Waals surface area (Å²) in [5, 5.41) is 3.90. The molecule has 28 heavy (non-hydrogen) atoms. The molecular weight excluding hydrogens is 379 g/mol. The summed E-state index contributed by atoms with van der Waals surface area (Å²) in [4.78, 5) is 9.36. The fraction of sp³-hybridized carbons (Fsp3) is 0.571. The summed E-state index contributed by atoms with van der Waals surface area (Å²) in [6, 6.07) is 4.87. The van der Waals surface area contributed by atoms with Gasteiger partial charge in [0.05, 0.1) is 13.2 Å². The zero-order chi connectivity index (χ0) is 19.8. The van der Waals surface area contributed by atoms with E-state index in [4.69, 9.17) is 21.3 Å². The number of hydrogen-bond donors (Lipinski definition) is 1. The van der Waals surface area contributed by atoms with Crippen molar-refractivity contribution in [3.8, 4) is 0 Å². The third-order valence-electron chi connectivity index (χ3n) is 5.20. The van der Waals surface area contributed by atoms with Crippen LogP contribution in [0.4, 0.5) is 4.39 Å². The third-order valence-corrected chi connectivity index (χ3v) is 5.56. The maximum Gasteiger partial charge on any atom is 0.194 e. The summed E-state index contributed by atoms with van der Waals surface area (Å²) in [5.74, 6) is 0.742. The van der Waals surface area contributed by atoms with Crippen molar-refractivity contribution in [2.75, 3.05) is 52.5 Å². The normalized spacial score (nSPS) is 18.9. The van der Waals surface area contributed by atoms with Crippen molar-refractivity contribution in [2.45, 2.75) is 26.3 Å². The summed E-state index contributed by atoms with van der Waals surface area (Å²) in [6.45, 7) is 9.28. The van der Waals surface area contributed by atoms with E-state index in [0.717, 1.165) is 71.3 Å². The molecule has 0 amide bonds.